The van der Waals surface area contributed by atoms with Gasteiger partial charge in [-0.05, 0) is 62.2 Å². The smallest absolute Gasteiger partial charge is 0.332 e. The molecule has 26 heavy (non-hydrogen) atoms. The van der Waals surface area contributed by atoms with E-state index < -0.39 is 0 Å². The first kappa shape index (κ1) is 16.3. The maximum absolute atomic E-state index is 12.9. The molecule has 4 aliphatic carbocycles. The van der Waals surface area contributed by atoms with Gasteiger partial charge in [-0.3, -0.25) is 13.9 Å². The molecule has 5 atom stereocenters. The van der Waals surface area contributed by atoms with E-state index in [1.165, 1.54) is 30.3 Å². The van der Waals surface area contributed by atoms with E-state index >= 15 is 0 Å². The van der Waals surface area contributed by atoms with Gasteiger partial charge in [0.25, 0.3) is 5.56 Å². The van der Waals surface area contributed by atoms with Gasteiger partial charge in [-0.1, -0.05) is 13.8 Å². The van der Waals surface area contributed by atoms with Crippen LogP contribution >= 0.6 is 0 Å². The summed E-state index contributed by atoms with van der Waals surface area (Å²) in [6, 6.07) is 0. The fourth-order valence-corrected chi connectivity index (χ4v) is 6.35. The summed E-state index contributed by atoms with van der Waals surface area (Å²) >= 11 is 0. The van der Waals surface area contributed by atoms with Crippen LogP contribution in [0.5, 0.6) is 0 Å². The third-order valence-electron chi connectivity index (χ3n) is 7.15. The van der Waals surface area contributed by atoms with Crippen LogP contribution in [0, 0.1) is 23.7 Å². The second kappa shape index (κ2) is 5.83. The highest BCUT2D eigenvalue weighted by Gasteiger charge is 2.55. The number of fused-ring (bicyclic) bond motifs is 1. The zero-order chi connectivity index (χ0) is 18.0. The van der Waals surface area contributed by atoms with E-state index in [9.17, 15) is 9.59 Å². The lowest BCUT2D eigenvalue weighted by Gasteiger charge is -2.30. The van der Waals surface area contributed by atoms with E-state index in [4.69, 9.17) is 4.98 Å². The third kappa shape index (κ3) is 2.13. The first-order valence-corrected chi connectivity index (χ1v) is 10.4. The summed E-state index contributed by atoms with van der Waals surface area (Å²) in [6.45, 7) is 5.11. The number of hydrogen-bond donors (Lipinski definition) is 1. The number of nitrogens with zero attached hydrogens (tertiary/aromatic N) is 3. The molecule has 1 N–H and O–H groups in total. The molecule has 0 spiro atoms. The second-order valence-corrected chi connectivity index (χ2v) is 8.73. The second-order valence-electron chi connectivity index (χ2n) is 8.73. The van der Waals surface area contributed by atoms with Gasteiger partial charge in [-0.2, -0.15) is 0 Å². The molecular weight excluding hydrogens is 328 g/mol. The standard InChI is InChI=1S/C20H28N4O2/c1-3-5-23-18-16(19(25)24(6-4-2)20(23)26)21-17(22-18)15-13-8-11-7-12(10-13)14(15)9-11/h11-15H,3-10H2,1-2H3,(H,21,22)/t11?,12?,13?,14?,15-/m0/s1. The topological polar surface area (TPSA) is 72.7 Å². The minimum absolute atomic E-state index is 0.203. The molecule has 6 heteroatoms. The molecule has 6 nitrogen and oxygen atoms in total. The molecule has 0 aromatic carbocycles. The van der Waals surface area contributed by atoms with Crippen LogP contribution < -0.4 is 11.2 Å². The van der Waals surface area contributed by atoms with Gasteiger partial charge in [0.1, 0.15) is 11.3 Å². The van der Waals surface area contributed by atoms with E-state index in [1.807, 2.05) is 6.92 Å². The molecule has 0 amide bonds. The van der Waals surface area contributed by atoms with Crippen LogP contribution in [-0.4, -0.2) is 19.1 Å². The number of aromatic nitrogens is 4. The van der Waals surface area contributed by atoms with Crippen LogP contribution in [0.1, 0.15) is 64.1 Å². The number of imidazole rings is 1. The molecule has 140 valence electrons. The van der Waals surface area contributed by atoms with Crippen LogP contribution in [-0.2, 0) is 13.1 Å². The van der Waals surface area contributed by atoms with Gasteiger partial charge >= 0.3 is 5.69 Å². The Bertz CT molecular complexity index is 965. The summed E-state index contributed by atoms with van der Waals surface area (Å²) in [5.74, 6) is 4.63. The van der Waals surface area contributed by atoms with Crippen LogP contribution in [0.4, 0.5) is 0 Å². The first-order valence-electron chi connectivity index (χ1n) is 10.4. The minimum atomic E-state index is -0.210. The van der Waals surface area contributed by atoms with Crippen molar-refractivity contribution in [3.8, 4) is 0 Å². The van der Waals surface area contributed by atoms with Gasteiger partial charge in [0.05, 0.1) is 0 Å². The van der Waals surface area contributed by atoms with Gasteiger partial charge in [-0.25, -0.2) is 9.78 Å². The van der Waals surface area contributed by atoms with Gasteiger partial charge < -0.3 is 4.98 Å². The van der Waals surface area contributed by atoms with Gasteiger partial charge in [0.2, 0.25) is 0 Å². The summed E-state index contributed by atoms with van der Waals surface area (Å²) in [5, 5.41) is 0. The lowest BCUT2D eigenvalue weighted by Crippen LogP contribution is -2.40. The van der Waals surface area contributed by atoms with Crippen molar-refractivity contribution in [3.05, 3.63) is 26.7 Å². The Kier molecular flexibility index (Phi) is 3.66. The van der Waals surface area contributed by atoms with Crippen molar-refractivity contribution < 1.29 is 0 Å². The first-order chi connectivity index (χ1) is 12.6. The number of nitrogens with one attached hydrogen (secondary N) is 1. The van der Waals surface area contributed by atoms with Gasteiger partial charge in [0.15, 0.2) is 5.65 Å². The zero-order valence-electron chi connectivity index (χ0n) is 15.7. The number of hydrogen-bond acceptors (Lipinski definition) is 3. The SMILES string of the molecule is CCCn1c(=O)c2[nH]c([C@H]3C4CC5CC(C4)C3C5)nc2n(CCC)c1=O. The molecule has 4 unspecified atom stereocenters. The monoisotopic (exact) mass is 356 g/mol. The summed E-state index contributed by atoms with van der Waals surface area (Å²) in [6.07, 6.45) is 6.97. The normalized spacial score (nSPS) is 32.2. The highest BCUT2D eigenvalue weighted by Crippen LogP contribution is 2.63. The van der Waals surface area contributed by atoms with Crippen LogP contribution in [0.2, 0.25) is 0 Å². The van der Waals surface area contributed by atoms with Gasteiger partial charge in [-0.15, -0.1) is 0 Å². The molecule has 4 bridgehead atoms. The number of H-pyrrole nitrogens is 1. The Morgan fingerprint density at radius 3 is 2.46 bits per heavy atom. The van der Waals surface area contributed by atoms with E-state index in [0.717, 1.165) is 36.4 Å². The summed E-state index contributed by atoms with van der Waals surface area (Å²) < 4.78 is 3.09. The van der Waals surface area contributed by atoms with E-state index in [0.29, 0.717) is 36.1 Å². The molecule has 0 aliphatic heterocycles. The van der Waals surface area contributed by atoms with Crippen molar-refractivity contribution >= 4 is 11.2 Å². The molecule has 4 fully saturated rings. The van der Waals surface area contributed by atoms with Crippen LogP contribution in [0.15, 0.2) is 9.59 Å². The van der Waals surface area contributed by atoms with Gasteiger partial charge in [0, 0.05) is 19.0 Å². The van der Waals surface area contributed by atoms with Crippen molar-refractivity contribution in [2.24, 2.45) is 23.7 Å². The maximum atomic E-state index is 12.9. The zero-order valence-corrected chi connectivity index (χ0v) is 15.7. The number of rotatable bonds is 5. The Labute approximate surface area is 152 Å². The van der Waals surface area contributed by atoms with Crippen molar-refractivity contribution in [2.45, 2.75) is 71.4 Å². The molecule has 2 aromatic rings. The third-order valence-corrected chi connectivity index (χ3v) is 7.15. The number of aryl methyl sites for hydroxylation is 1. The molecular formula is C20H28N4O2. The minimum Gasteiger partial charge on any atom is -0.336 e. The van der Waals surface area contributed by atoms with E-state index in [-0.39, 0.29) is 11.2 Å². The average molecular weight is 356 g/mol. The predicted octanol–water partition coefficient (Wildman–Crippen LogP) is 2.86. The van der Waals surface area contributed by atoms with Crippen molar-refractivity contribution in [2.75, 3.05) is 0 Å². The molecule has 4 saturated carbocycles. The Hall–Kier alpha value is -1.85. The Balaban J connectivity index is 1.67. The molecule has 2 aromatic heterocycles. The van der Waals surface area contributed by atoms with Crippen LogP contribution in [0.3, 0.4) is 0 Å². The molecule has 0 saturated heterocycles. The predicted molar refractivity (Wildman–Crippen MR) is 100 cm³/mol. The quantitative estimate of drug-likeness (QED) is 0.895. The Morgan fingerprint density at radius 2 is 1.73 bits per heavy atom. The fourth-order valence-electron chi connectivity index (χ4n) is 6.35. The number of aromatic amines is 1. The molecule has 4 aliphatic rings. The molecule has 0 radical (unpaired) electrons. The molecule has 2 heterocycles. The van der Waals surface area contributed by atoms with E-state index in [2.05, 4.69) is 11.9 Å². The summed E-state index contributed by atoms with van der Waals surface area (Å²) in [7, 11) is 0. The fraction of sp³-hybridized carbons (Fsp3) is 0.750. The largest absolute Gasteiger partial charge is 0.336 e. The lowest BCUT2D eigenvalue weighted by atomic mass is 9.75. The lowest BCUT2D eigenvalue weighted by molar-refractivity contribution is 0.244. The summed E-state index contributed by atoms with van der Waals surface area (Å²) in [4.78, 5) is 34.0. The summed E-state index contributed by atoms with van der Waals surface area (Å²) in [5.41, 5.74) is 0.684. The highest BCUT2D eigenvalue weighted by atomic mass is 16.2. The average Bonchev–Trinajstić information content (AvgIpc) is 3.24. The highest BCUT2D eigenvalue weighted by molar-refractivity contribution is 5.70. The van der Waals surface area contributed by atoms with Crippen molar-refractivity contribution in [1.82, 2.24) is 19.1 Å². The maximum Gasteiger partial charge on any atom is 0.332 e. The molecule has 6 rings (SSSR count). The Morgan fingerprint density at radius 1 is 1.00 bits per heavy atom. The van der Waals surface area contributed by atoms with Crippen LogP contribution in [0.25, 0.3) is 11.2 Å². The van der Waals surface area contributed by atoms with Crippen molar-refractivity contribution in [3.63, 3.8) is 0 Å². The van der Waals surface area contributed by atoms with E-state index in [1.54, 1.807) is 4.57 Å². The van der Waals surface area contributed by atoms with Crippen molar-refractivity contribution in [1.29, 1.82) is 0 Å².